The SMILES string of the molecule is Cc1nnc(NC(=O)c2cn(CCN)nn2)nc1C. The van der Waals surface area contributed by atoms with Crippen LogP contribution in [0.5, 0.6) is 0 Å². The molecule has 0 aromatic carbocycles. The van der Waals surface area contributed by atoms with Crippen LogP contribution in [0.15, 0.2) is 6.20 Å². The molecule has 0 bridgehead atoms. The normalized spacial score (nSPS) is 10.5. The fraction of sp³-hybridized carbons (Fsp3) is 0.400. The van der Waals surface area contributed by atoms with Gasteiger partial charge in [-0.1, -0.05) is 5.21 Å². The first-order valence-corrected chi connectivity index (χ1v) is 5.69. The number of nitrogens with zero attached hydrogens (tertiary/aromatic N) is 6. The molecule has 0 unspecified atom stereocenters. The van der Waals surface area contributed by atoms with Gasteiger partial charge in [0.15, 0.2) is 5.69 Å². The van der Waals surface area contributed by atoms with Crippen molar-refractivity contribution in [2.24, 2.45) is 5.73 Å². The molecule has 0 aliphatic carbocycles. The summed E-state index contributed by atoms with van der Waals surface area (Å²) in [6.45, 7) is 4.51. The highest BCUT2D eigenvalue weighted by Crippen LogP contribution is 2.03. The Labute approximate surface area is 109 Å². The van der Waals surface area contributed by atoms with Gasteiger partial charge >= 0.3 is 0 Å². The number of aryl methyl sites for hydroxylation is 2. The van der Waals surface area contributed by atoms with Gasteiger partial charge in [0.25, 0.3) is 5.91 Å². The number of nitrogens with two attached hydrogens (primary N) is 1. The van der Waals surface area contributed by atoms with E-state index in [0.29, 0.717) is 24.5 Å². The fourth-order valence-corrected chi connectivity index (χ4v) is 1.32. The van der Waals surface area contributed by atoms with Crippen LogP contribution in [0, 0.1) is 13.8 Å². The number of carbonyl (C=O) groups excluding carboxylic acids is 1. The molecule has 0 saturated heterocycles. The number of amides is 1. The summed E-state index contributed by atoms with van der Waals surface area (Å²) in [6, 6.07) is 0. The molecule has 9 nitrogen and oxygen atoms in total. The lowest BCUT2D eigenvalue weighted by atomic mass is 10.4. The Hall–Kier alpha value is -2.42. The van der Waals surface area contributed by atoms with Gasteiger partial charge in [-0.3, -0.25) is 14.8 Å². The highest BCUT2D eigenvalue weighted by Gasteiger charge is 2.13. The summed E-state index contributed by atoms with van der Waals surface area (Å²) in [5.74, 6) is -0.296. The first-order chi connectivity index (χ1) is 9.10. The Bertz CT molecular complexity index is 593. The number of anilines is 1. The molecule has 0 atom stereocenters. The second-order valence-corrected chi connectivity index (χ2v) is 3.92. The van der Waals surface area contributed by atoms with Crippen molar-refractivity contribution in [1.82, 2.24) is 30.2 Å². The third-order valence-corrected chi connectivity index (χ3v) is 2.45. The molecule has 0 aliphatic rings. The molecular weight excluding hydrogens is 248 g/mol. The zero-order valence-corrected chi connectivity index (χ0v) is 10.7. The molecule has 9 heteroatoms. The molecular formula is C10H14N8O. The average molecular weight is 262 g/mol. The number of hydrogen-bond acceptors (Lipinski definition) is 7. The van der Waals surface area contributed by atoms with Gasteiger partial charge in [-0.15, -0.1) is 10.2 Å². The highest BCUT2D eigenvalue weighted by molar-refractivity contribution is 6.01. The molecule has 3 N–H and O–H groups in total. The summed E-state index contributed by atoms with van der Waals surface area (Å²) in [7, 11) is 0. The number of aromatic nitrogens is 6. The first-order valence-electron chi connectivity index (χ1n) is 5.69. The van der Waals surface area contributed by atoms with Crippen molar-refractivity contribution in [3.63, 3.8) is 0 Å². The number of carbonyl (C=O) groups is 1. The molecule has 2 aromatic heterocycles. The van der Waals surface area contributed by atoms with Crippen LogP contribution in [0.1, 0.15) is 21.9 Å². The lowest BCUT2D eigenvalue weighted by Gasteiger charge is -2.02. The van der Waals surface area contributed by atoms with Crippen LogP contribution in [-0.4, -0.2) is 42.6 Å². The maximum Gasteiger partial charge on any atom is 0.280 e. The minimum absolute atomic E-state index is 0.140. The molecule has 100 valence electrons. The van der Waals surface area contributed by atoms with Crippen molar-refractivity contribution in [2.45, 2.75) is 20.4 Å². The summed E-state index contributed by atoms with van der Waals surface area (Å²) in [4.78, 5) is 16.0. The zero-order chi connectivity index (χ0) is 13.8. The molecule has 0 fully saturated rings. The molecule has 2 aromatic rings. The largest absolute Gasteiger partial charge is 0.329 e. The molecule has 1 amide bonds. The van der Waals surface area contributed by atoms with Crippen LogP contribution in [0.25, 0.3) is 0 Å². The van der Waals surface area contributed by atoms with E-state index in [0.717, 1.165) is 0 Å². The molecule has 19 heavy (non-hydrogen) atoms. The van der Waals surface area contributed by atoms with E-state index in [1.54, 1.807) is 13.8 Å². The van der Waals surface area contributed by atoms with Gasteiger partial charge in [-0.25, -0.2) is 4.98 Å². The smallest absolute Gasteiger partial charge is 0.280 e. The summed E-state index contributed by atoms with van der Waals surface area (Å²) in [5, 5.41) is 17.7. The minimum atomic E-state index is -0.437. The molecule has 0 spiro atoms. The van der Waals surface area contributed by atoms with Crippen molar-refractivity contribution in [2.75, 3.05) is 11.9 Å². The monoisotopic (exact) mass is 262 g/mol. The average Bonchev–Trinajstić information content (AvgIpc) is 2.83. The third kappa shape index (κ3) is 3.07. The van der Waals surface area contributed by atoms with Crippen LogP contribution in [-0.2, 0) is 6.54 Å². The second-order valence-electron chi connectivity index (χ2n) is 3.92. The van der Waals surface area contributed by atoms with Gasteiger partial charge in [-0.05, 0) is 13.8 Å². The van der Waals surface area contributed by atoms with Gasteiger partial charge in [0.2, 0.25) is 5.95 Å². The van der Waals surface area contributed by atoms with Crippen LogP contribution in [0.2, 0.25) is 0 Å². The lowest BCUT2D eigenvalue weighted by molar-refractivity contribution is 0.102. The summed E-state index contributed by atoms with van der Waals surface area (Å²) >= 11 is 0. The third-order valence-electron chi connectivity index (χ3n) is 2.45. The topological polar surface area (TPSA) is 124 Å². The Kier molecular flexibility index (Phi) is 3.76. The van der Waals surface area contributed by atoms with Gasteiger partial charge in [0.05, 0.1) is 24.1 Å². The van der Waals surface area contributed by atoms with Crippen LogP contribution in [0.3, 0.4) is 0 Å². The Morgan fingerprint density at radius 3 is 2.79 bits per heavy atom. The van der Waals surface area contributed by atoms with Gasteiger partial charge in [-0.2, -0.15) is 5.10 Å². The lowest BCUT2D eigenvalue weighted by Crippen LogP contribution is -2.16. The quantitative estimate of drug-likeness (QED) is 0.745. The predicted molar refractivity (Wildman–Crippen MR) is 66.3 cm³/mol. The van der Waals surface area contributed by atoms with Crippen molar-refractivity contribution in [3.05, 3.63) is 23.3 Å². The Balaban J connectivity index is 2.09. The van der Waals surface area contributed by atoms with E-state index < -0.39 is 5.91 Å². The van der Waals surface area contributed by atoms with Crippen molar-refractivity contribution < 1.29 is 4.79 Å². The van der Waals surface area contributed by atoms with E-state index in [4.69, 9.17) is 5.73 Å². The Morgan fingerprint density at radius 1 is 1.32 bits per heavy atom. The summed E-state index contributed by atoms with van der Waals surface area (Å²) < 4.78 is 1.49. The van der Waals surface area contributed by atoms with E-state index >= 15 is 0 Å². The maximum atomic E-state index is 11.9. The summed E-state index contributed by atoms with van der Waals surface area (Å²) in [6.07, 6.45) is 1.51. The molecule has 0 aliphatic heterocycles. The minimum Gasteiger partial charge on any atom is -0.329 e. The standard InChI is InChI=1S/C10H14N8O/c1-6-7(2)14-16-10(12-6)13-9(19)8-5-18(4-3-11)17-15-8/h5H,3-4,11H2,1-2H3,(H,12,13,16,19). The Morgan fingerprint density at radius 2 is 2.11 bits per heavy atom. The van der Waals surface area contributed by atoms with Gasteiger partial charge in [0.1, 0.15) is 0 Å². The second kappa shape index (κ2) is 5.48. The highest BCUT2D eigenvalue weighted by atomic mass is 16.2. The molecule has 0 radical (unpaired) electrons. The maximum absolute atomic E-state index is 11.9. The van der Waals surface area contributed by atoms with Crippen molar-refractivity contribution in [1.29, 1.82) is 0 Å². The molecule has 2 heterocycles. The van der Waals surface area contributed by atoms with Crippen LogP contribution in [0.4, 0.5) is 5.95 Å². The van der Waals surface area contributed by atoms with E-state index in [2.05, 4.69) is 30.8 Å². The van der Waals surface area contributed by atoms with E-state index in [-0.39, 0.29) is 11.6 Å². The summed E-state index contributed by atoms with van der Waals surface area (Å²) in [5.41, 5.74) is 6.98. The van der Waals surface area contributed by atoms with Crippen molar-refractivity contribution in [3.8, 4) is 0 Å². The molecule has 2 rings (SSSR count). The fourth-order valence-electron chi connectivity index (χ4n) is 1.32. The van der Waals surface area contributed by atoms with E-state index in [1.807, 2.05) is 0 Å². The number of hydrogen-bond donors (Lipinski definition) is 2. The van der Waals surface area contributed by atoms with Crippen LogP contribution < -0.4 is 11.1 Å². The van der Waals surface area contributed by atoms with Gasteiger partial charge in [0, 0.05) is 6.54 Å². The molecule has 0 saturated carbocycles. The first kappa shape index (κ1) is 13.0. The van der Waals surface area contributed by atoms with Gasteiger partial charge < -0.3 is 5.73 Å². The zero-order valence-electron chi connectivity index (χ0n) is 10.7. The van der Waals surface area contributed by atoms with Crippen LogP contribution >= 0.6 is 0 Å². The number of nitrogens with one attached hydrogen (secondary N) is 1. The van der Waals surface area contributed by atoms with E-state index in [1.165, 1.54) is 10.9 Å². The predicted octanol–water partition coefficient (Wildman–Crippen LogP) is -0.709. The van der Waals surface area contributed by atoms with Crippen molar-refractivity contribution >= 4 is 11.9 Å². The number of rotatable bonds is 4. The van der Waals surface area contributed by atoms with E-state index in [9.17, 15) is 4.79 Å².